The summed E-state index contributed by atoms with van der Waals surface area (Å²) in [5.41, 5.74) is 1.13. The lowest BCUT2D eigenvalue weighted by Crippen LogP contribution is -2.04. The molecule has 1 aromatic carbocycles. The first-order chi connectivity index (χ1) is 6.79. The number of aromatic amines is 1. The Morgan fingerprint density at radius 3 is 3.14 bits per heavy atom. The molecule has 0 bridgehead atoms. The molecule has 0 aliphatic heterocycles. The first-order valence-corrected chi connectivity index (χ1v) is 4.66. The highest BCUT2D eigenvalue weighted by Crippen LogP contribution is 2.19. The third kappa shape index (κ3) is 1.60. The first kappa shape index (κ1) is 8.78. The number of fused-ring (bicyclic) bond motifs is 1. The molecule has 1 N–H and O–H groups in total. The van der Waals surface area contributed by atoms with Crippen LogP contribution in [0.1, 0.15) is 0 Å². The zero-order valence-electron chi connectivity index (χ0n) is 7.02. The number of hydrogen-bond acceptors (Lipinski definition) is 4. The average molecular weight is 203 g/mol. The van der Waals surface area contributed by atoms with Gasteiger partial charge in [-0.15, -0.1) is 0 Å². The fourth-order valence-corrected chi connectivity index (χ4v) is 1.56. The van der Waals surface area contributed by atoms with Crippen molar-refractivity contribution in [3.05, 3.63) is 34.7 Å². The summed E-state index contributed by atoms with van der Waals surface area (Å²) in [6.45, 7) is 0. The SMILES string of the molecule is N#CSc1ccc2ncc(=O)[nH]c2c1. The predicted molar refractivity (Wildman–Crippen MR) is 53.8 cm³/mol. The largest absolute Gasteiger partial charge is 0.319 e. The van der Waals surface area contributed by atoms with E-state index in [1.807, 2.05) is 5.40 Å². The van der Waals surface area contributed by atoms with Crippen molar-refractivity contribution < 1.29 is 0 Å². The Bertz CT molecular complexity index is 570. The van der Waals surface area contributed by atoms with E-state index in [2.05, 4.69) is 9.97 Å². The third-order valence-corrected chi connectivity index (χ3v) is 2.29. The minimum Gasteiger partial charge on any atom is -0.319 e. The summed E-state index contributed by atoms with van der Waals surface area (Å²) in [7, 11) is 0. The van der Waals surface area contributed by atoms with E-state index >= 15 is 0 Å². The van der Waals surface area contributed by atoms with Crippen LogP contribution < -0.4 is 5.56 Å². The first-order valence-electron chi connectivity index (χ1n) is 3.84. The zero-order valence-corrected chi connectivity index (χ0v) is 7.84. The molecule has 0 aliphatic carbocycles. The van der Waals surface area contributed by atoms with E-state index in [0.717, 1.165) is 16.7 Å². The van der Waals surface area contributed by atoms with Gasteiger partial charge in [-0.3, -0.25) is 4.79 Å². The summed E-state index contributed by atoms with van der Waals surface area (Å²) in [6, 6.07) is 5.30. The number of rotatable bonds is 1. The molecule has 1 heterocycles. The molecule has 0 amide bonds. The van der Waals surface area contributed by atoms with Gasteiger partial charge in [-0.05, 0) is 30.0 Å². The molecule has 0 atom stereocenters. The topological polar surface area (TPSA) is 69.5 Å². The van der Waals surface area contributed by atoms with Crippen LogP contribution in [-0.4, -0.2) is 9.97 Å². The van der Waals surface area contributed by atoms with E-state index in [9.17, 15) is 4.79 Å². The van der Waals surface area contributed by atoms with E-state index in [0.29, 0.717) is 11.0 Å². The van der Waals surface area contributed by atoms with Crippen LogP contribution in [0.5, 0.6) is 0 Å². The number of nitriles is 1. The number of H-pyrrole nitrogens is 1. The Morgan fingerprint density at radius 1 is 1.50 bits per heavy atom. The maximum Gasteiger partial charge on any atom is 0.266 e. The molecule has 0 radical (unpaired) electrons. The molecule has 0 unspecified atom stereocenters. The molecular formula is C9H5N3OS. The maximum atomic E-state index is 11.0. The Morgan fingerprint density at radius 2 is 2.36 bits per heavy atom. The highest BCUT2D eigenvalue weighted by atomic mass is 32.2. The number of nitrogens with one attached hydrogen (secondary N) is 1. The van der Waals surface area contributed by atoms with Gasteiger partial charge in [-0.1, -0.05) is 0 Å². The fraction of sp³-hybridized carbons (Fsp3) is 0. The van der Waals surface area contributed by atoms with Crippen LogP contribution in [0.4, 0.5) is 0 Å². The Balaban J connectivity index is 2.65. The number of thioether (sulfide) groups is 1. The molecule has 0 spiro atoms. The Kier molecular flexibility index (Phi) is 2.21. The quantitative estimate of drug-likeness (QED) is 0.563. The Labute approximate surface area is 83.6 Å². The van der Waals surface area contributed by atoms with Crippen LogP contribution in [0.15, 0.2) is 34.1 Å². The summed E-state index contributed by atoms with van der Waals surface area (Å²) >= 11 is 1.05. The number of nitrogens with zero attached hydrogens (tertiary/aromatic N) is 2. The summed E-state index contributed by atoms with van der Waals surface area (Å²) in [5.74, 6) is 0. The third-order valence-electron chi connectivity index (χ3n) is 1.71. The molecular weight excluding hydrogens is 198 g/mol. The van der Waals surface area contributed by atoms with Gasteiger partial charge in [-0.2, -0.15) is 5.26 Å². The average Bonchev–Trinajstić information content (AvgIpc) is 2.17. The molecule has 5 heteroatoms. The molecule has 68 valence electrons. The summed E-state index contributed by atoms with van der Waals surface area (Å²) in [5, 5.41) is 10.4. The standard InChI is InChI=1S/C9H5N3OS/c10-5-14-6-1-2-7-8(3-6)12-9(13)4-11-7/h1-4H,(H,12,13). The van der Waals surface area contributed by atoms with Crippen molar-refractivity contribution in [2.75, 3.05) is 0 Å². The van der Waals surface area contributed by atoms with E-state index in [1.165, 1.54) is 6.20 Å². The van der Waals surface area contributed by atoms with Gasteiger partial charge in [0, 0.05) is 4.90 Å². The van der Waals surface area contributed by atoms with Gasteiger partial charge in [0.25, 0.3) is 5.56 Å². The van der Waals surface area contributed by atoms with Gasteiger partial charge in [0.05, 0.1) is 17.2 Å². The van der Waals surface area contributed by atoms with E-state index in [4.69, 9.17) is 5.26 Å². The lowest BCUT2D eigenvalue weighted by molar-refractivity contribution is 1.21. The lowest BCUT2D eigenvalue weighted by Gasteiger charge is -1.97. The summed E-state index contributed by atoms with van der Waals surface area (Å²) < 4.78 is 0. The van der Waals surface area contributed by atoms with Crippen LogP contribution in [0.2, 0.25) is 0 Å². The van der Waals surface area contributed by atoms with Crippen LogP contribution in [-0.2, 0) is 0 Å². The number of aromatic nitrogens is 2. The molecule has 0 saturated carbocycles. The number of hydrogen-bond donors (Lipinski definition) is 1. The molecule has 14 heavy (non-hydrogen) atoms. The molecule has 4 nitrogen and oxygen atoms in total. The Hall–Kier alpha value is -1.80. The van der Waals surface area contributed by atoms with Crippen molar-refractivity contribution in [1.82, 2.24) is 9.97 Å². The maximum absolute atomic E-state index is 11.0. The van der Waals surface area contributed by atoms with E-state index in [1.54, 1.807) is 18.2 Å². The second-order valence-corrected chi connectivity index (χ2v) is 3.48. The normalized spacial score (nSPS) is 9.93. The summed E-state index contributed by atoms with van der Waals surface area (Å²) in [6.07, 6.45) is 1.24. The van der Waals surface area contributed by atoms with Crippen molar-refractivity contribution in [3.63, 3.8) is 0 Å². The highest BCUT2D eigenvalue weighted by molar-refractivity contribution is 8.03. The van der Waals surface area contributed by atoms with E-state index in [-0.39, 0.29) is 5.56 Å². The van der Waals surface area contributed by atoms with Crippen molar-refractivity contribution in [3.8, 4) is 5.40 Å². The zero-order chi connectivity index (χ0) is 9.97. The minimum absolute atomic E-state index is 0.239. The second-order valence-electron chi connectivity index (χ2n) is 2.62. The lowest BCUT2D eigenvalue weighted by atomic mass is 10.3. The monoisotopic (exact) mass is 203 g/mol. The van der Waals surface area contributed by atoms with Gasteiger partial charge in [0.1, 0.15) is 5.40 Å². The number of thiocyanates is 1. The van der Waals surface area contributed by atoms with Gasteiger partial charge in [0.2, 0.25) is 0 Å². The molecule has 0 aliphatic rings. The van der Waals surface area contributed by atoms with Gasteiger partial charge in [0.15, 0.2) is 0 Å². The number of benzene rings is 1. The van der Waals surface area contributed by atoms with Crippen LogP contribution >= 0.6 is 11.8 Å². The highest BCUT2D eigenvalue weighted by Gasteiger charge is 1.98. The van der Waals surface area contributed by atoms with E-state index < -0.39 is 0 Å². The van der Waals surface area contributed by atoms with Crippen molar-refractivity contribution in [2.24, 2.45) is 0 Å². The van der Waals surface area contributed by atoms with Crippen molar-refractivity contribution >= 4 is 22.8 Å². The van der Waals surface area contributed by atoms with Crippen molar-refractivity contribution in [2.45, 2.75) is 4.90 Å². The molecule has 1 aromatic heterocycles. The minimum atomic E-state index is -0.239. The van der Waals surface area contributed by atoms with Gasteiger partial charge >= 0.3 is 0 Å². The molecule has 0 saturated heterocycles. The van der Waals surface area contributed by atoms with Gasteiger partial charge in [-0.25, -0.2) is 4.98 Å². The molecule has 0 fully saturated rings. The smallest absolute Gasteiger partial charge is 0.266 e. The second kappa shape index (κ2) is 3.52. The molecule has 2 rings (SSSR count). The predicted octanol–water partition coefficient (Wildman–Crippen LogP) is 1.50. The summed E-state index contributed by atoms with van der Waals surface area (Å²) in [4.78, 5) is 18.4. The fourth-order valence-electron chi connectivity index (χ4n) is 1.14. The van der Waals surface area contributed by atoms with Crippen LogP contribution in [0.25, 0.3) is 11.0 Å². The van der Waals surface area contributed by atoms with Crippen LogP contribution in [0.3, 0.4) is 0 Å². The van der Waals surface area contributed by atoms with Crippen molar-refractivity contribution in [1.29, 1.82) is 5.26 Å². The van der Waals surface area contributed by atoms with Gasteiger partial charge < -0.3 is 4.98 Å². The van der Waals surface area contributed by atoms with Crippen LogP contribution in [0, 0.1) is 10.7 Å². The molecule has 2 aromatic rings.